The molecular formula is C20H20O7. The summed E-state index contributed by atoms with van der Waals surface area (Å²) in [5, 5.41) is 12.6. The van der Waals surface area contributed by atoms with Crippen LogP contribution in [0, 0.1) is 5.92 Å². The number of carbonyl (C=O) groups excluding carboxylic acids is 2. The molecule has 2 aliphatic heterocycles. The van der Waals surface area contributed by atoms with Gasteiger partial charge in [-0.15, -0.1) is 0 Å². The molecule has 2 saturated heterocycles. The quantitative estimate of drug-likeness (QED) is 0.649. The van der Waals surface area contributed by atoms with Gasteiger partial charge in [-0.25, -0.2) is 9.59 Å². The van der Waals surface area contributed by atoms with Crippen molar-refractivity contribution in [3.05, 3.63) is 42.0 Å². The number of aliphatic hydroxyl groups is 1. The Kier molecular flexibility index (Phi) is 4.28. The van der Waals surface area contributed by atoms with Crippen molar-refractivity contribution >= 4 is 22.7 Å². The van der Waals surface area contributed by atoms with E-state index in [1.54, 1.807) is 14.0 Å². The lowest BCUT2D eigenvalue weighted by atomic mass is 9.85. The molecule has 4 atom stereocenters. The van der Waals surface area contributed by atoms with E-state index >= 15 is 0 Å². The molecule has 0 amide bonds. The number of methoxy groups -OCH3 is 1. The van der Waals surface area contributed by atoms with Crippen LogP contribution in [0.3, 0.4) is 0 Å². The van der Waals surface area contributed by atoms with Crippen molar-refractivity contribution in [1.29, 1.82) is 0 Å². The Hall–Kier alpha value is -2.64. The minimum atomic E-state index is -2.34. The van der Waals surface area contributed by atoms with Gasteiger partial charge in [-0.3, -0.25) is 0 Å². The van der Waals surface area contributed by atoms with E-state index in [2.05, 4.69) is 0 Å². The first-order chi connectivity index (χ1) is 13.0. The molecule has 2 unspecified atom stereocenters. The Balaban J connectivity index is 1.69. The van der Waals surface area contributed by atoms with Gasteiger partial charge < -0.3 is 24.1 Å². The summed E-state index contributed by atoms with van der Waals surface area (Å²) >= 11 is 0. The van der Waals surface area contributed by atoms with Crippen LogP contribution in [0.1, 0.15) is 25.0 Å². The fourth-order valence-corrected chi connectivity index (χ4v) is 3.91. The molecule has 0 saturated carbocycles. The molecule has 7 heteroatoms. The molecule has 1 N–H and O–H groups in total. The van der Waals surface area contributed by atoms with Gasteiger partial charge in [0.2, 0.25) is 6.29 Å². The Morgan fingerprint density at radius 1 is 1.26 bits per heavy atom. The van der Waals surface area contributed by atoms with Gasteiger partial charge in [-0.05, 0) is 30.4 Å². The number of hydrogen-bond acceptors (Lipinski definition) is 7. The number of benzene rings is 2. The maximum atomic E-state index is 12.2. The smallest absolute Gasteiger partial charge is 0.352 e. The van der Waals surface area contributed by atoms with Crippen LogP contribution in [0.4, 0.5) is 0 Å². The lowest BCUT2D eigenvalue weighted by Gasteiger charge is -2.22. The monoisotopic (exact) mass is 372 g/mol. The summed E-state index contributed by atoms with van der Waals surface area (Å²) < 4.78 is 21.3. The van der Waals surface area contributed by atoms with Crippen LogP contribution in [-0.2, 0) is 23.8 Å². The zero-order valence-electron chi connectivity index (χ0n) is 15.0. The molecule has 2 aromatic rings. The maximum absolute atomic E-state index is 12.2. The predicted octanol–water partition coefficient (Wildman–Crippen LogP) is 2.10. The Bertz CT molecular complexity index is 908. The van der Waals surface area contributed by atoms with Crippen LogP contribution in [0.2, 0.25) is 0 Å². The zero-order chi connectivity index (χ0) is 19.2. The minimum absolute atomic E-state index is 0.0548. The third kappa shape index (κ3) is 2.57. The van der Waals surface area contributed by atoms with E-state index in [1.165, 1.54) is 0 Å². The average molecular weight is 372 g/mol. The number of fused-ring (bicyclic) bond motifs is 2. The fraction of sp³-hybridized carbons (Fsp3) is 0.400. The summed E-state index contributed by atoms with van der Waals surface area (Å²) in [6, 6.07) is 11.5. The van der Waals surface area contributed by atoms with Gasteiger partial charge in [0.15, 0.2) is 0 Å². The van der Waals surface area contributed by atoms with Gasteiger partial charge in [-0.1, -0.05) is 30.3 Å². The molecular weight excluding hydrogens is 352 g/mol. The lowest BCUT2D eigenvalue weighted by Crippen LogP contribution is -2.50. The van der Waals surface area contributed by atoms with E-state index in [0.717, 1.165) is 22.1 Å². The molecule has 0 aromatic heterocycles. The highest BCUT2D eigenvalue weighted by Crippen LogP contribution is 2.49. The molecule has 27 heavy (non-hydrogen) atoms. The Morgan fingerprint density at radius 2 is 2.00 bits per heavy atom. The maximum Gasteiger partial charge on any atom is 0.352 e. The summed E-state index contributed by atoms with van der Waals surface area (Å²) in [4.78, 5) is 24.3. The first kappa shape index (κ1) is 17.8. The van der Waals surface area contributed by atoms with E-state index in [-0.39, 0.29) is 13.0 Å². The van der Waals surface area contributed by atoms with E-state index in [1.807, 2.05) is 36.4 Å². The van der Waals surface area contributed by atoms with Crippen molar-refractivity contribution in [2.45, 2.75) is 31.3 Å². The minimum Gasteiger partial charge on any atom is -0.496 e. The number of esters is 2. The molecule has 2 fully saturated rings. The molecule has 0 spiro atoms. The van der Waals surface area contributed by atoms with Gasteiger partial charge >= 0.3 is 11.9 Å². The SMILES string of the molecule is CCOC(=O)[C@@]1(O)C(=O)OC2O[C@@H](c3ccc(OC)c4ccccc34)CC21. The summed E-state index contributed by atoms with van der Waals surface area (Å²) in [7, 11) is 1.61. The van der Waals surface area contributed by atoms with Crippen molar-refractivity contribution in [3.8, 4) is 5.75 Å². The van der Waals surface area contributed by atoms with Gasteiger partial charge in [0.1, 0.15) is 5.75 Å². The number of rotatable bonds is 4. The first-order valence-corrected chi connectivity index (χ1v) is 8.82. The second-order valence-electron chi connectivity index (χ2n) is 6.63. The van der Waals surface area contributed by atoms with E-state index < -0.39 is 35.9 Å². The molecule has 2 heterocycles. The molecule has 2 aliphatic rings. The molecule has 0 aliphatic carbocycles. The summed E-state index contributed by atoms with van der Waals surface area (Å²) in [5.74, 6) is -2.10. The van der Waals surface area contributed by atoms with E-state index in [0.29, 0.717) is 0 Å². The van der Waals surface area contributed by atoms with Crippen molar-refractivity contribution < 1.29 is 33.6 Å². The molecule has 142 valence electrons. The Morgan fingerprint density at radius 3 is 2.70 bits per heavy atom. The normalized spacial score (nSPS) is 29.4. The highest BCUT2D eigenvalue weighted by atomic mass is 16.7. The van der Waals surface area contributed by atoms with Crippen LogP contribution in [0.5, 0.6) is 5.75 Å². The number of carbonyl (C=O) groups is 2. The largest absolute Gasteiger partial charge is 0.496 e. The average Bonchev–Trinajstić information content (AvgIpc) is 3.19. The number of ether oxygens (including phenoxy) is 4. The highest BCUT2D eigenvalue weighted by molar-refractivity contribution is 6.05. The summed E-state index contributed by atoms with van der Waals surface area (Å²) in [6.07, 6.45) is -1.18. The third-order valence-corrected chi connectivity index (χ3v) is 5.24. The molecule has 4 rings (SSSR count). The van der Waals surface area contributed by atoms with Crippen molar-refractivity contribution in [2.75, 3.05) is 13.7 Å². The standard InChI is InChI=1S/C20H20O7/c1-3-25-18(21)20(23)14-10-16(26-17(14)27-19(20)22)13-8-9-15(24-2)12-7-5-4-6-11(12)13/h4-9,14,16-17,23H,3,10H2,1-2H3/t14?,16-,17?,20-/m1/s1. The fourth-order valence-electron chi connectivity index (χ4n) is 3.91. The summed E-state index contributed by atoms with van der Waals surface area (Å²) in [6.45, 7) is 1.66. The van der Waals surface area contributed by atoms with Gasteiger partial charge in [-0.2, -0.15) is 0 Å². The molecule has 2 aromatic carbocycles. The van der Waals surface area contributed by atoms with E-state index in [4.69, 9.17) is 18.9 Å². The van der Waals surface area contributed by atoms with Crippen molar-refractivity contribution in [2.24, 2.45) is 5.92 Å². The first-order valence-electron chi connectivity index (χ1n) is 8.82. The Labute approximate surface area is 155 Å². The van der Waals surface area contributed by atoms with Crippen LogP contribution in [0.15, 0.2) is 36.4 Å². The van der Waals surface area contributed by atoms with Crippen molar-refractivity contribution in [3.63, 3.8) is 0 Å². The molecule has 7 nitrogen and oxygen atoms in total. The predicted molar refractivity (Wildman–Crippen MR) is 93.9 cm³/mol. The van der Waals surface area contributed by atoms with Gasteiger partial charge in [0, 0.05) is 5.39 Å². The third-order valence-electron chi connectivity index (χ3n) is 5.24. The van der Waals surface area contributed by atoms with Crippen molar-refractivity contribution in [1.82, 2.24) is 0 Å². The summed E-state index contributed by atoms with van der Waals surface area (Å²) in [5.41, 5.74) is -1.46. The number of hydrogen-bond donors (Lipinski definition) is 1. The van der Waals surface area contributed by atoms with Gasteiger partial charge in [0.05, 0.1) is 25.7 Å². The van der Waals surface area contributed by atoms with Crippen LogP contribution < -0.4 is 4.74 Å². The highest BCUT2D eigenvalue weighted by Gasteiger charge is 2.66. The zero-order valence-corrected chi connectivity index (χ0v) is 15.0. The van der Waals surface area contributed by atoms with Gasteiger partial charge in [0.25, 0.3) is 5.60 Å². The molecule has 0 radical (unpaired) electrons. The van der Waals surface area contributed by atoms with Crippen LogP contribution in [0.25, 0.3) is 10.8 Å². The van der Waals surface area contributed by atoms with Crippen LogP contribution >= 0.6 is 0 Å². The second-order valence-corrected chi connectivity index (χ2v) is 6.63. The second kappa shape index (κ2) is 6.51. The van der Waals surface area contributed by atoms with E-state index in [9.17, 15) is 14.7 Å². The lowest BCUT2D eigenvalue weighted by molar-refractivity contribution is -0.180. The van der Waals surface area contributed by atoms with Crippen LogP contribution in [-0.4, -0.2) is 42.7 Å². The molecule has 0 bridgehead atoms. The topological polar surface area (TPSA) is 91.3 Å².